The van der Waals surface area contributed by atoms with Crippen LogP contribution < -0.4 is 16.2 Å². The van der Waals surface area contributed by atoms with Gasteiger partial charge in [0.05, 0.1) is 17.8 Å². The molecule has 2 N–H and O–H groups in total. The van der Waals surface area contributed by atoms with Crippen LogP contribution in [0.5, 0.6) is 0 Å². The maximum Gasteiger partial charge on any atom is 0.321 e. The van der Waals surface area contributed by atoms with Crippen LogP contribution in [0.1, 0.15) is 22.7 Å². The zero-order valence-corrected chi connectivity index (χ0v) is 18.6. The van der Waals surface area contributed by atoms with Crippen molar-refractivity contribution in [1.82, 2.24) is 20.0 Å². The molecule has 174 valence electrons. The highest BCUT2D eigenvalue weighted by Gasteiger charge is 2.31. The monoisotopic (exact) mass is 465 g/mol. The van der Waals surface area contributed by atoms with Crippen molar-refractivity contribution < 1.29 is 18.4 Å². The number of nitrogens with zero attached hydrogens (tertiary/aromatic N) is 3. The fraction of sp³-hybridized carbons (Fsp3) is 0.167. The number of benzene rings is 2. The summed E-state index contributed by atoms with van der Waals surface area (Å²) in [6.07, 6.45) is 2.81. The molecule has 4 rings (SSSR count). The van der Waals surface area contributed by atoms with Gasteiger partial charge in [-0.15, -0.1) is 0 Å². The van der Waals surface area contributed by atoms with E-state index in [-0.39, 0.29) is 16.9 Å². The number of hydrogen-bond acceptors (Lipinski definition) is 4. The van der Waals surface area contributed by atoms with Gasteiger partial charge in [0.15, 0.2) is 0 Å². The predicted octanol–water partition coefficient (Wildman–Crippen LogP) is 3.35. The van der Waals surface area contributed by atoms with Crippen LogP contribution in [0, 0.1) is 25.5 Å². The zero-order valence-electron chi connectivity index (χ0n) is 18.6. The number of nitrogens with one attached hydrogen (secondary N) is 2. The van der Waals surface area contributed by atoms with Crippen LogP contribution in [0.15, 0.2) is 65.2 Å². The summed E-state index contributed by atoms with van der Waals surface area (Å²) in [6, 6.07) is 8.00. The molecule has 0 saturated heterocycles. The van der Waals surface area contributed by atoms with Crippen LogP contribution in [0.2, 0.25) is 0 Å². The van der Waals surface area contributed by atoms with Crippen LogP contribution in [-0.4, -0.2) is 33.7 Å². The van der Waals surface area contributed by atoms with E-state index in [1.165, 1.54) is 66.8 Å². The molecule has 0 radical (unpaired) electrons. The first-order valence-corrected chi connectivity index (χ1v) is 10.3. The number of carbonyl (C=O) groups is 2. The molecule has 1 aliphatic rings. The molecule has 3 amide bonds. The summed E-state index contributed by atoms with van der Waals surface area (Å²) in [5, 5.41) is 9.42. The Morgan fingerprint density at radius 3 is 2.47 bits per heavy atom. The summed E-state index contributed by atoms with van der Waals surface area (Å²) in [7, 11) is 1.49. The molecule has 10 heteroatoms. The van der Waals surface area contributed by atoms with Crippen LogP contribution in [0.4, 0.5) is 19.3 Å². The molecule has 0 saturated carbocycles. The Balaban J connectivity index is 1.70. The standard InChI is InChI=1S/C24H21F2N5O3/c1-13-8-21(32)31(27-11-13)20-10-19(14(2)9-18(20)26)28-23(33)17-12-30(3)24(34)29-22(17)15-4-6-16(25)7-5-15/h4-12,22H,1-3H3,(H,28,33)(H,29,34)/t22-/m0/s1. The highest BCUT2D eigenvalue weighted by molar-refractivity contribution is 6.06. The first kappa shape index (κ1) is 22.8. The molecule has 8 nitrogen and oxygen atoms in total. The SMILES string of the molecule is Cc1cnn(-c2cc(NC(=O)C3=CN(C)C(=O)N[C@H]3c3ccc(F)cc3)c(C)cc2F)c(=O)c1. The topological polar surface area (TPSA) is 96.3 Å². The minimum atomic E-state index is -0.828. The number of aryl methyl sites for hydroxylation is 2. The smallest absolute Gasteiger partial charge is 0.321 e. The van der Waals surface area contributed by atoms with Crippen molar-refractivity contribution in [3.05, 3.63) is 99.1 Å². The van der Waals surface area contributed by atoms with Gasteiger partial charge in [-0.2, -0.15) is 9.78 Å². The number of aromatic nitrogens is 2. The number of amides is 3. The van der Waals surface area contributed by atoms with Crippen LogP contribution in [0.25, 0.3) is 5.69 Å². The molecule has 2 aromatic carbocycles. The lowest BCUT2D eigenvalue weighted by molar-refractivity contribution is -0.113. The van der Waals surface area contributed by atoms with E-state index >= 15 is 0 Å². The molecule has 0 aliphatic carbocycles. The number of carbonyl (C=O) groups excluding carboxylic acids is 2. The van der Waals surface area contributed by atoms with Crippen molar-refractivity contribution in [3.63, 3.8) is 0 Å². The predicted molar refractivity (Wildman–Crippen MR) is 121 cm³/mol. The Morgan fingerprint density at radius 2 is 1.79 bits per heavy atom. The van der Waals surface area contributed by atoms with Crippen LogP contribution >= 0.6 is 0 Å². The molecule has 3 aromatic rings. The zero-order chi connectivity index (χ0) is 24.6. The summed E-state index contributed by atoms with van der Waals surface area (Å²) < 4.78 is 29.0. The van der Waals surface area contributed by atoms with E-state index < -0.39 is 35.2 Å². The van der Waals surface area contributed by atoms with Crippen molar-refractivity contribution in [1.29, 1.82) is 0 Å². The molecule has 1 aliphatic heterocycles. The Bertz CT molecular complexity index is 1380. The van der Waals surface area contributed by atoms with Gasteiger partial charge in [-0.25, -0.2) is 13.6 Å². The van der Waals surface area contributed by atoms with Crippen molar-refractivity contribution >= 4 is 17.6 Å². The van der Waals surface area contributed by atoms with E-state index in [4.69, 9.17) is 0 Å². The molecule has 2 heterocycles. The third-order valence-electron chi connectivity index (χ3n) is 5.40. The second-order valence-electron chi connectivity index (χ2n) is 7.99. The molecular weight excluding hydrogens is 444 g/mol. The van der Waals surface area contributed by atoms with Crippen LogP contribution in [-0.2, 0) is 4.79 Å². The number of rotatable bonds is 4. The fourth-order valence-corrected chi connectivity index (χ4v) is 3.59. The van der Waals surface area contributed by atoms with E-state index in [1.54, 1.807) is 13.8 Å². The minimum Gasteiger partial charge on any atom is -0.327 e. The summed E-state index contributed by atoms with van der Waals surface area (Å²) in [4.78, 5) is 39.0. The van der Waals surface area contributed by atoms with E-state index in [0.717, 1.165) is 4.68 Å². The summed E-state index contributed by atoms with van der Waals surface area (Å²) in [5.74, 6) is -1.69. The second-order valence-corrected chi connectivity index (χ2v) is 7.99. The third kappa shape index (κ3) is 4.42. The van der Waals surface area contributed by atoms with Crippen molar-refractivity contribution in [2.24, 2.45) is 0 Å². The van der Waals surface area contributed by atoms with Gasteiger partial charge in [-0.05, 0) is 54.8 Å². The van der Waals surface area contributed by atoms with Gasteiger partial charge in [0.1, 0.15) is 17.3 Å². The van der Waals surface area contributed by atoms with E-state index in [9.17, 15) is 23.2 Å². The maximum absolute atomic E-state index is 14.7. The Hall–Kier alpha value is -4.34. The number of hydrogen-bond donors (Lipinski definition) is 2. The fourth-order valence-electron chi connectivity index (χ4n) is 3.59. The van der Waals surface area contributed by atoms with E-state index in [0.29, 0.717) is 16.7 Å². The van der Waals surface area contributed by atoms with E-state index in [1.807, 2.05) is 0 Å². The van der Waals surface area contributed by atoms with Crippen molar-refractivity contribution in [2.45, 2.75) is 19.9 Å². The highest BCUT2D eigenvalue weighted by atomic mass is 19.1. The molecule has 0 spiro atoms. The van der Waals surface area contributed by atoms with Gasteiger partial charge >= 0.3 is 6.03 Å². The Kier molecular flexibility index (Phi) is 5.97. The third-order valence-corrected chi connectivity index (χ3v) is 5.40. The second kappa shape index (κ2) is 8.89. The summed E-state index contributed by atoms with van der Waals surface area (Å²) in [5.41, 5.74) is 1.36. The average molecular weight is 465 g/mol. The summed E-state index contributed by atoms with van der Waals surface area (Å²) in [6.45, 7) is 3.30. The van der Waals surface area contributed by atoms with Crippen molar-refractivity contribution in [2.75, 3.05) is 12.4 Å². The van der Waals surface area contributed by atoms with Gasteiger partial charge < -0.3 is 15.5 Å². The Labute approximate surface area is 193 Å². The number of halogens is 2. The quantitative estimate of drug-likeness (QED) is 0.618. The first-order valence-electron chi connectivity index (χ1n) is 10.3. The molecule has 0 fully saturated rings. The Morgan fingerprint density at radius 1 is 1.09 bits per heavy atom. The van der Waals surface area contributed by atoms with Gasteiger partial charge in [0.25, 0.3) is 11.5 Å². The lowest BCUT2D eigenvalue weighted by Gasteiger charge is -2.30. The van der Waals surface area contributed by atoms with E-state index in [2.05, 4.69) is 15.7 Å². The lowest BCUT2D eigenvalue weighted by atomic mass is 9.97. The van der Waals surface area contributed by atoms with Gasteiger partial charge in [0.2, 0.25) is 0 Å². The van der Waals surface area contributed by atoms with Gasteiger partial charge in [-0.1, -0.05) is 12.1 Å². The summed E-state index contributed by atoms with van der Waals surface area (Å²) >= 11 is 0. The number of anilines is 1. The van der Waals surface area contributed by atoms with Gasteiger partial charge in [0, 0.05) is 25.0 Å². The van der Waals surface area contributed by atoms with Crippen molar-refractivity contribution in [3.8, 4) is 5.69 Å². The largest absolute Gasteiger partial charge is 0.327 e. The maximum atomic E-state index is 14.7. The molecule has 0 unspecified atom stereocenters. The molecule has 1 aromatic heterocycles. The molecular formula is C24H21F2N5O3. The average Bonchev–Trinajstić information content (AvgIpc) is 2.78. The highest BCUT2D eigenvalue weighted by Crippen LogP contribution is 2.28. The minimum absolute atomic E-state index is 0.121. The van der Waals surface area contributed by atoms with Crippen LogP contribution in [0.3, 0.4) is 0 Å². The lowest BCUT2D eigenvalue weighted by Crippen LogP contribution is -2.44. The normalized spacial score (nSPS) is 15.6. The molecule has 1 atom stereocenters. The first-order chi connectivity index (χ1) is 16.1. The number of urea groups is 1. The molecule has 34 heavy (non-hydrogen) atoms. The van der Waals surface area contributed by atoms with Gasteiger partial charge in [-0.3, -0.25) is 9.59 Å². The molecule has 0 bridgehead atoms.